The molecule has 0 unspecified atom stereocenters. The molecule has 0 bridgehead atoms. The molecular formula is C10H13NO. The van der Waals surface area contributed by atoms with E-state index in [4.69, 9.17) is 5.11 Å². The first-order valence-corrected chi connectivity index (χ1v) is 3.92. The lowest BCUT2D eigenvalue weighted by molar-refractivity contribution is 0.472. The summed E-state index contributed by atoms with van der Waals surface area (Å²) in [7, 11) is 0. The summed E-state index contributed by atoms with van der Waals surface area (Å²) in [6, 6.07) is 8.12. The lowest BCUT2D eigenvalue weighted by atomic mass is 10.2. The van der Waals surface area contributed by atoms with Gasteiger partial charge < -0.3 is 10.4 Å². The Kier molecular flexibility index (Phi) is 3.20. The van der Waals surface area contributed by atoms with E-state index < -0.39 is 0 Å². The molecule has 0 saturated carbocycles. The molecule has 0 saturated heterocycles. The number of aliphatic hydroxyl groups excluding tert-OH is 1. The summed E-state index contributed by atoms with van der Waals surface area (Å²) >= 11 is 0. The highest BCUT2D eigenvalue weighted by atomic mass is 16.2. The zero-order chi connectivity index (χ0) is 8.81. The number of aryl methyl sites for hydroxylation is 1. The van der Waals surface area contributed by atoms with E-state index in [1.807, 2.05) is 24.3 Å². The van der Waals surface area contributed by atoms with Gasteiger partial charge in [0.2, 0.25) is 0 Å². The summed E-state index contributed by atoms with van der Waals surface area (Å²) in [6.07, 6.45) is 2.70. The topological polar surface area (TPSA) is 32.3 Å². The standard InChI is InChI=1S/C10H13NO/c1-9-3-5-10(6-4-9)11-7-2-8-12/h2-6,8,11-12H,7H2,1H3. The summed E-state index contributed by atoms with van der Waals surface area (Å²) in [5.74, 6) is 0. The Bertz CT molecular complexity index is 251. The molecule has 0 aromatic heterocycles. The molecule has 0 aliphatic heterocycles. The lowest BCUT2D eigenvalue weighted by Crippen LogP contribution is -1.97. The summed E-state index contributed by atoms with van der Waals surface area (Å²) in [5.41, 5.74) is 2.32. The third-order valence-corrected chi connectivity index (χ3v) is 1.58. The highest BCUT2D eigenvalue weighted by Gasteiger charge is 1.87. The molecule has 1 rings (SSSR count). The fourth-order valence-corrected chi connectivity index (χ4v) is 0.901. The summed E-state index contributed by atoms with van der Waals surface area (Å²) in [4.78, 5) is 0. The Morgan fingerprint density at radius 1 is 1.33 bits per heavy atom. The molecule has 12 heavy (non-hydrogen) atoms. The number of anilines is 1. The van der Waals surface area contributed by atoms with E-state index >= 15 is 0 Å². The van der Waals surface area contributed by atoms with Gasteiger partial charge in [0.05, 0.1) is 6.26 Å². The number of hydrogen-bond donors (Lipinski definition) is 2. The Morgan fingerprint density at radius 3 is 2.58 bits per heavy atom. The van der Waals surface area contributed by atoms with Gasteiger partial charge in [-0.2, -0.15) is 0 Å². The van der Waals surface area contributed by atoms with E-state index in [0.29, 0.717) is 6.54 Å². The highest BCUT2D eigenvalue weighted by Crippen LogP contribution is 2.07. The van der Waals surface area contributed by atoms with E-state index in [2.05, 4.69) is 12.2 Å². The van der Waals surface area contributed by atoms with Crippen LogP contribution in [0.2, 0.25) is 0 Å². The minimum absolute atomic E-state index is 0.652. The normalized spacial score (nSPS) is 10.4. The fourth-order valence-electron chi connectivity index (χ4n) is 0.901. The summed E-state index contributed by atoms with van der Waals surface area (Å²) < 4.78 is 0. The van der Waals surface area contributed by atoms with Gasteiger partial charge in [0.15, 0.2) is 0 Å². The van der Waals surface area contributed by atoms with Gasteiger partial charge in [-0.15, -0.1) is 0 Å². The van der Waals surface area contributed by atoms with E-state index in [-0.39, 0.29) is 0 Å². The molecule has 0 heterocycles. The Hall–Kier alpha value is -1.44. The van der Waals surface area contributed by atoms with E-state index in [1.54, 1.807) is 6.08 Å². The predicted molar refractivity (Wildman–Crippen MR) is 51.4 cm³/mol. The predicted octanol–water partition coefficient (Wildman–Crippen LogP) is 2.48. The zero-order valence-electron chi connectivity index (χ0n) is 7.12. The van der Waals surface area contributed by atoms with Gasteiger partial charge in [0.1, 0.15) is 0 Å². The van der Waals surface area contributed by atoms with Crippen molar-refractivity contribution in [1.82, 2.24) is 0 Å². The maximum Gasteiger partial charge on any atom is 0.0769 e. The Morgan fingerprint density at radius 2 is 2.00 bits per heavy atom. The molecule has 0 atom stereocenters. The molecule has 2 nitrogen and oxygen atoms in total. The molecule has 0 amide bonds. The first kappa shape index (κ1) is 8.65. The third kappa shape index (κ3) is 2.66. The molecule has 0 radical (unpaired) electrons. The molecule has 0 aliphatic carbocycles. The SMILES string of the molecule is Cc1ccc(NCC=CO)cc1. The quantitative estimate of drug-likeness (QED) is 0.671. The van der Waals surface area contributed by atoms with Crippen LogP contribution >= 0.6 is 0 Å². The van der Waals surface area contributed by atoms with E-state index in [1.165, 1.54) is 5.56 Å². The van der Waals surface area contributed by atoms with Crippen molar-refractivity contribution in [3.63, 3.8) is 0 Å². The smallest absolute Gasteiger partial charge is 0.0769 e. The van der Waals surface area contributed by atoms with Gasteiger partial charge in [-0.05, 0) is 25.1 Å². The van der Waals surface area contributed by atoms with Crippen molar-refractivity contribution < 1.29 is 5.11 Å². The van der Waals surface area contributed by atoms with Gasteiger partial charge >= 0.3 is 0 Å². The van der Waals surface area contributed by atoms with Crippen LogP contribution in [0.5, 0.6) is 0 Å². The number of rotatable bonds is 3. The van der Waals surface area contributed by atoms with Crippen LogP contribution in [0.1, 0.15) is 5.56 Å². The van der Waals surface area contributed by atoms with Crippen LogP contribution in [0.4, 0.5) is 5.69 Å². The second-order valence-electron chi connectivity index (χ2n) is 2.63. The first-order chi connectivity index (χ1) is 5.83. The van der Waals surface area contributed by atoms with E-state index in [9.17, 15) is 0 Å². The summed E-state index contributed by atoms with van der Waals surface area (Å²) in [6.45, 7) is 2.71. The molecular weight excluding hydrogens is 150 g/mol. The van der Waals surface area contributed by atoms with Gasteiger partial charge in [-0.3, -0.25) is 0 Å². The molecule has 0 fully saturated rings. The van der Waals surface area contributed by atoms with Gasteiger partial charge in [0, 0.05) is 12.2 Å². The minimum Gasteiger partial charge on any atom is -0.516 e. The number of aliphatic hydroxyl groups is 1. The average molecular weight is 163 g/mol. The van der Waals surface area contributed by atoms with Crippen LogP contribution in [-0.2, 0) is 0 Å². The van der Waals surface area contributed by atoms with Crippen molar-refractivity contribution in [2.75, 3.05) is 11.9 Å². The molecule has 0 spiro atoms. The first-order valence-electron chi connectivity index (χ1n) is 3.92. The second kappa shape index (κ2) is 4.44. The van der Waals surface area contributed by atoms with Crippen LogP contribution in [-0.4, -0.2) is 11.7 Å². The maximum absolute atomic E-state index is 8.37. The molecule has 0 aliphatic rings. The van der Waals surface area contributed by atoms with Crippen molar-refractivity contribution in [2.24, 2.45) is 0 Å². The maximum atomic E-state index is 8.37. The second-order valence-corrected chi connectivity index (χ2v) is 2.63. The highest BCUT2D eigenvalue weighted by molar-refractivity contribution is 5.44. The monoisotopic (exact) mass is 163 g/mol. The molecule has 64 valence electrons. The van der Waals surface area contributed by atoms with Gasteiger partial charge in [-0.1, -0.05) is 17.7 Å². The molecule has 2 N–H and O–H groups in total. The minimum atomic E-state index is 0.652. The summed E-state index contributed by atoms with van der Waals surface area (Å²) in [5, 5.41) is 11.5. The van der Waals surface area contributed by atoms with Gasteiger partial charge in [0.25, 0.3) is 0 Å². The third-order valence-electron chi connectivity index (χ3n) is 1.58. The number of nitrogens with one attached hydrogen (secondary N) is 1. The van der Waals surface area contributed by atoms with Crippen molar-refractivity contribution in [3.05, 3.63) is 42.2 Å². The lowest BCUT2D eigenvalue weighted by Gasteiger charge is -2.02. The van der Waals surface area contributed by atoms with Gasteiger partial charge in [-0.25, -0.2) is 0 Å². The van der Waals surface area contributed by atoms with Crippen LogP contribution in [0.25, 0.3) is 0 Å². The van der Waals surface area contributed by atoms with E-state index in [0.717, 1.165) is 11.9 Å². The fraction of sp³-hybridized carbons (Fsp3) is 0.200. The Balaban J connectivity index is 2.47. The number of hydrogen-bond acceptors (Lipinski definition) is 2. The van der Waals surface area contributed by atoms with Crippen molar-refractivity contribution in [2.45, 2.75) is 6.92 Å². The van der Waals surface area contributed by atoms with Crippen LogP contribution in [0.3, 0.4) is 0 Å². The Labute approximate surface area is 72.5 Å². The molecule has 1 aromatic rings. The molecule has 2 heteroatoms. The zero-order valence-corrected chi connectivity index (χ0v) is 7.12. The van der Waals surface area contributed by atoms with Crippen LogP contribution < -0.4 is 5.32 Å². The van der Waals surface area contributed by atoms with Crippen molar-refractivity contribution in [3.8, 4) is 0 Å². The largest absolute Gasteiger partial charge is 0.516 e. The van der Waals surface area contributed by atoms with Crippen molar-refractivity contribution >= 4 is 5.69 Å². The average Bonchev–Trinajstić information content (AvgIpc) is 2.09. The number of benzene rings is 1. The van der Waals surface area contributed by atoms with Crippen LogP contribution in [0.15, 0.2) is 36.6 Å². The molecule has 1 aromatic carbocycles. The van der Waals surface area contributed by atoms with Crippen LogP contribution in [0, 0.1) is 6.92 Å². The van der Waals surface area contributed by atoms with Crippen molar-refractivity contribution in [1.29, 1.82) is 0 Å².